The topological polar surface area (TPSA) is 121 Å². The predicted molar refractivity (Wildman–Crippen MR) is 169 cm³/mol. The van der Waals surface area contributed by atoms with Gasteiger partial charge in [-0.1, -0.05) is 91.8 Å². The van der Waals surface area contributed by atoms with Gasteiger partial charge in [0.05, 0.1) is 24.4 Å². The van der Waals surface area contributed by atoms with Crippen LogP contribution in [0.4, 0.5) is 0 Å². The minimum absolute atomic E-state index is 0. The average molecular weight is 613 g/mol. The van der Waals surface area contributed by atoms with E-state index in [0.717, 1.165) is 22.3 Å². The smallest absolute Gasteiger partial charge is 0.122 e. The maximum atomic E-state index is 9.93. The second kappa shape index (κ2) is 23.1. The van der Waals surface area contributed by atoms with Gasteiger partial charge in [0.25, 0.3) is 0 Å². The van der Waals surface area contributed by atoms with Crippen molar-refractivity contribution in [3.8, 4) is 11.5 Å². The van der Waals surface area contributed by atoms with E-state index in [1.807, 2.05) is 36.4 Å². The van der Waals surface area contributed by atoms with Gasteiger partial charge >= 0.3 is 0 Å². The van der Waals surface area contributed by atoms with Crippen molar-refractivity contribution in [1.82, 2.24) is 0 Å². The molecule has 0 heterocycles. The molecular formula is C34H60O6Ti. The van der Waals surface area contributed by atoms with E-state index in [-0.39, 0.29) is 46.1 Å². The zero-order valence-corrected chi connectivity index (χ0v) is 29.2. The Balaban J connectivity index is -0.000000487. The van der Waals surface area contributed by atoms with Gasteiger partial charge in [-0.2, -0.15) is 0 Å². The molecule has 0 spiro atoms. The maximum absolute atomic E-state index is 9.93. The van der Waals surface area contributed by atoms with Crippen LogP contribution in [0.25, 0.3) is 0 Å². The van der Waals surface area contributed by atoms with Crippen LogP contribution in [0.2, 0.25) is 0 Å². The second-order valence-corrected chi connectivity index (χ2v) is 12.1. The molecule has 2 aromatic carbocycles. The number of aromatic hydroxyl groups is 2. The molecule has 0 fully saturated rings. The van der Waals surface area contributed by atoms with Gasteiger partial charge < -0.3 is 30.6 Å². The van der Waals surface area contributed by atoms with Crippen molar-refractivity contribution >= 4 is 0 Å². The molecule has 4 atom stereocenters. The maximum Gasteiger partial charge on any atom is 0.122 e. The summed E-state index contributed by atoms with van der Waals surface area (Å²) in [6, 6.07) is 12.0. The van der Waals surface area contributed by atoms with Crippen molar-refractivity contribution in [3.63, 3.8) is 0 Å². The van der Waals surface area contributed by atoms with Crippen molar-refractivity contribution < 1.29 is 52.4 Å². The van der Waals surface area contributed by atoms with Gasteiger partial charge in [0.15, 0.2) is 0 Å². The van der Waals surface area contributed by atoms with Crippen LogP contribution in [-0.2, 0) is 21.7 Å². The third-order valence-electron chi connectivity index (χ3n) is 6.05. The molecule has 0 aliphatic heterocycles. The molecule has 6 N–H and O–H groups in total. The standard InChI is InChI=1S/2C12H18O.2C5H12O2.Ti/c2*1-8(2)10-6-5-7-11(9(3)4)12(10)13;2*1-4(6)3-5(2)7;/h2*5-9,13H,1-4H3;2*4-7H,3H2,1-2H3;. The van der Waals surface area contributed by atoms with Crippen LogP contribution in [-0.4, -0.2) is 55.1 Å². The molecule has 2 aromatic rings. The summed E-state index contributed by atoms with van der Waals surface area (Å²) >= 11 is 0. The van der Waals surface area contributed by atoms with Crippen molar-refractivity contribution in [2.45, 2.75) is 144 Å². The molecule has 0 saturated heterocycles. The molecule has 41 heavy (non-hydrogen) atoms. The minimum Gasteiger partial charge on any atom is -0.507 e. The second-order valence-electron chi connectivity index (χ2n) is 12.1. The minimum atomic E-state index is -0.375. The number of para-hydroxylation sites is 2. The van der Waals surface area contributed by atoms with Crippen LogP contribution in [0.15, 0.2) is 36.4 Å². The summed E-state index contributed by atoms with van der Waals surface area (Å²) in [6.07, 6.45) is -0.556. The van der Waals surface area contributed by atoms with Crippen LogP contribution >= 0.6 is 0 Å². The molecule has 0 bridgehead atoms. The number of phenols is 2. The first kappa shape index (κ1) is 44.0. The zero-order valence-electron chi connectivity index (χ0n) is 27.7. The largest absolute Gasteiger partial charge is 0.507 e. The van der Waals surface area contributed by atoms with E-state index in [4.69, 9.17) is 20.4 Å². The molecule has 0 aromatic heterocycles. The normalized spacial score (nSPS) is 13.6. The Morgan fingerprint density at radius 3 is 0.683 bits per heavy atom. The van der Waals surface area contributed by atoms with E-state index >= 15 is 0 Å². The third-order valence-corrected chi connectivity index (χ3v) is 6.05. The van der Waals surface area contributed by atoms with Crippen LogP contribution in [0, 0.1) is 0 Å². The first-order valence-corrected chi connectivity index (χ1v) is 14.7. The van der Waals surface area contributed by atoms with Crippen LogP contribution < -0.4 is 0 Å². The number of hydrogen-bond donors (Lipinski definition) is 6. The quantitative estimate of drug-likeness (QED) is 0.171. The molecule has 0 radical (unpaired) electrons. The summed E-state index contributed by atoms with van der Waals surface area (Å²) in [7, 11) is 0. The molecule has 0 saturated carbocycles. The van der Waals surface area contributed by atoms with Gasteiger partial charge in [-0.15, -0.1) is 0 Å². The van der Waals surface area contributed by atoms with E-state index in [9.17, 15) is 10.2 Å². The van der Waals surface area contributed by atoms with Gasteiger partial charge in [0.2, 0.25) is 0 Å². The van der Waals surface area contributed by atoms with E-state index < -0.39 is 0 Å². The summed E-state index contributed by atoms with van der Waals surface area (Å²) in [5.74, 6) is 2.51. The van der Waals surface area contributed by atoms with Gasteiger partial charge in [-0.05, 0) is 86.5 Å². The zero-order chi connectivity index (χ0) is 31.7. The van der Waals surface area contributed by atoms with Gasteiger partial charge in [-0.25, -0.2) is 0 Å². The molecule has 4 unspecified atom stereocenters. The molecule has 0 aliphatic rings. The summed E-state index contributed by atoms with van der Waals surface area (Å²) in [5, 5.41) is 54.1. The van der Waals surface area contributed by atoms with Gasteiger partial charge in [0, 0.05) is 21.7 Å². The Morgan fingerprint density at radius 1 is 0.415 bits per heavy atom. The van der Waals surface area contributed by atoms with Crippen molar-refractivity contribution in [1.29, 1.82) is 0 Å². The summed E-state index contributed by atoms with van der Waals surface area (Å²) in [4.78, 5) is 0. The van der Waals surface area contributed by atoms with Crippen molar-refractivity contribution in [3.05, 3.63) is 58.7 Å². The summed E-state index contributed by atoms with van der Waals surface area (Å²) < 4.78 is 0. The Bertz CT molecular complexity index is 781. The van der Waals surface area contributed by atoms with E-state index in [0.29, 0.717) is 48.0 Å². The Morgan fingerprint density at radius 2 is 0.585 bits per heavy atom. The Hall–Kier alpha value is -1.41. The number of phenolic OH excluding ortho intramolecular Hbond substituents is 2. The number of benzene rings is 2. The van der Waals surface area contributed by atoms with Gasteiger partial charge in [0.1, 0.15) is 11.5 Å². The SMILES string of the molecule is CC(C)c1cccc(C(C)C)c1O.CC(C)c1cccc(C(C)C)c1O.CC(O)CC(C)O.CC(O)CC(C)O.[Ti]. The fourth-order valence-electron chi connectivity index (χ4n) is 4.01. The number of aliphatic hydroxyl groups excluding tert-OH is 4. The van der Waals surface area contributed by atoms with Crippen LogP contribution in [0.1, 0.15) is 142 Å². The number of hydrogen-bond acceptors (Lipinski definition) is 6. The Kier molecular flexibility index (Phi) is 24.8. The summed E-state index contributed by atoms with van der Waals surface area (Å²) in [6.45, 7) is 23.4. The average Bonchev–Trinajstić information content (AvgIpc) is 2.78. The monoisotopic (exact) mass is 612 g/mol. The van der Waals surface area contributed by atoms with Crippen LogP contribution in [0.5, 0.6) is 11.5 Å². The van der Waals surface area contributed by atoms with Crippen molar-refractivity contribution in [2.75, 3.05) is 0 Å². The van der Waals surface area contributed by atoms with Gasteiger partial charge in [-0.3, -0.25) is 0 Å². The molecular weight excluding hydrogens is 552 g/mol. The molecule has 7 heteroatoms. The van der Waals surface area contributed by atoms with E-state index in [2.05, 4.69) is 55.4 Å². The number of rotatable bonds is 8. The molecule has 0 amide bonds. The predicted octanol–water partition coefficient (Wildman–Crippen LogP) is 7.55. The molecule has 0 aliphatic carbocycles. The van der Waals surface area contributed by atoms with E-state index in [1.165, 1.54) is 0 Å². The fraction of sp³-hybridized carbons (Fsp3) is 0.647. The number of aliphatic hydroxyl groups is 4. The third kappa shape index (κ3) is 20.2. The molecule has 2 rings (SSSR count). The molecule has 236 valence electrons. The Labute approximate surface area is 265 Å². The summed E-state index contributed by atoms with van der Waals surface area (Å²) in [5.41, 5.74) is 4.19. The first-order chi connectivity index (χ1) is 18.3. The van der Waals surface area contributed by atoms with E-state index in [1.54, 1.807) is 27.7 Å². The van der Waals surface area contributed by atoms with Crippen molar-refractivity contribution in [2.24, 2.45) is 0 Å². The van der Waals surface area contributed by atoms with Crippen LogP contribution in [0.3, 0.4) is 0 Å². The fourth-order valence-corrected chi connectivity index (χ4v) is 4.01. The molecule has 6 nitrogen and oxygen atoms in total. The first-order valence-electron chi connectivity index (χ1n) is 14.7.